The fraction of sp³-hybridized carbons (Fsp3) is 1.00. The first-order valence-electron chi connectivity index (χ1n) is 7.80. The summed E-state index contributed by atoms with van der Waals surface area (Å²) in [4.78, 5) is 0. The second-order valence-electron chi connectivity index (χ2n) is 6.92. The highest BCUT2D eigenvalue weighted by molar-refractivity contribution is 7.87. The first-order chi connectivity index (χ1) is 9.35. The lowest BCUT2D eigenvalue weighted by atomic mass is 10.00. The number of piperidine rings is 1. The standard InChI is InChI=1S/C14H29N3O2S/c1-4-15-9-12-6-5-7-17(11-12)20(18,19)16-10-13-8-14(13,2)3/h12-13,15-16H,4-11H2,1-3H3. The number of nitrogens with zero attached hydrogens (tertiary/aromatic N) is 1. The van der Waals surface area contributed by atoms with Crippen molar-refractivity contribution in [2.45, 2.75) is 40.0 Å². The van der Waals surface area contributed by atoms with Crippen LogP contribution in [0.25, 0.3) is 0 Å². The lowest BCUT2D eigenvalue weighted by Crippen LogP contribution is -2.48. The van der Waals surface area contributed by atoms with E-state index in [9.17, 15) is 8.42 Å². The summed E-state index contributed by atoms with van der Waals surface area (Å²) in [6.07, 6.45) is 3.21. The summed E-state index contributed by atoms with van der Waals surface area (Å²) in [5, 5.41) is 3.32. The van der Waals surface area contributed by atoms with Gasteiger partial charge in [0, 0.05) is 19.6 Å². The molecule has 6 heteroatoms. The van der Waals surface area contributed by atoms with Crippen LogP contribution in [0.3, 0.4) is 0 Å². The van der Waals surface area contributed by atoms with Crippen molar-refractivity contribution in [3.05, 3.63) is 0 Å². The zero-order valence-corrected chi connectivity index (χ0v) is 13.8. The Morgan fingerprint density at radius 3 is 2.60 bits per heavy atom. The smallest absolute Gasteiger partial charge is 0.279 e. The first-order valence-corrected chi connectivity index (χ1v) is 9.24. The largest absolute Gasteiger partial charge is 0.317 e. The molecule has 1 aliphatic carbocycles. The Balaban J connectivity index is 1.82. The van der Waals surface area contributed by atoms with Crippen molar-refractivity contribution in [3.63, 3.8) is 0 Å². The van der Waals surface area contributed by atoms with Crippen LogP contribution >= 0.6 is 0 Å². The molecule has 1 saturated carbocycles. The molecule has 0 amide bonds. The van der Waals surface area contributed by atoms with E-state index in [-0.39, 0.29) is 0 Å². The molecule has 0 aromatic carbocycles. The molecular formula is C14H29N3O2S. The van der Waals surface area contributed by atoms with Gasteiger partial charge in [0.1, 0.15) is 0 Å². The van der Waals surface area contributed by atoms with Crippen molar-refractivity contribution in [1.82, 2.24) is 14.3 Å². The third-order valence-electron chi connectivity index (χ3n) is 4.73. The van der Waals surface area contributed by atoms with Gasteiger partial charge in [-0.15, -0.1) is 0 Å². The van der Waals surface area contributed by atoms with Crippen molar-refractivity contribution in [2.75, 3.05) is 32.7 Å². The van der Waals surface area contributed by atoms with Crippen LogP contribution in [0, 0.1) is 17.3 Å². The Hall–Kier alpha value is -0.170. The average Bonchev–Trinajstić information content (AvgIpc) is 3.02. The van der Waals surface area contributed by atoms with E-state index in [1.54, 1.807) is 4.31 Å². The molecule has 2 rings (SSSR count). The maximum atomic E-state index is 12.3. The van der Waals surface area contributed by atoms with E-state index >= 15 is 0 Å². The topological polar surface area (TPSA) is 61.4 Å². The fourth-order valence-corrected chi connectivity index (χ4v) is 4.35. The van der Waals surface area contributed by atoms with Gasteiger partial charge in [-0.25, -0.2) is 4.72 Å². The van der Waals surface area contributed by atoms with Crippen LogP contribution in [0.1, 0.15) is 40.0 Å². The van der Waals surface area contributed by atoms with Crippen LogP contribution in [0.2, 0.25) is 0 Å². The van der Waals surface area contributed by atoms with Gasteiger partial charge in [0.05, 0.1) is 0 Å². The van der Waals surface area contributed by atoms with Gasteiger partial charge in [-0.05, 0) is 49.6 Å². The molecule has 2 aliphatic rings. The normalized spacial score (nSPS) is 30.4. The van der Waals surface area contributed by atoms with E-state index < -0.39 is 10.2 Å². The zero-order valence-electron chi connectivity index (χ0n) is 13.0. The second kappa shape index (κ2) is 6.30. The molecule has 0 bridgehead atoms. The minimum atomic E-state index is -3.29. The maximum Gasteiger partial charge on any atom is 0.279 e. The Morgan fingerprint density at radius 2 is 2.00 bits per heavy atom. The summed E-state index contributed by atoms with van der Waals surface area (Å²) >= 11 is 0. The van der Waals surface area contributed by atoms with Gasteiger partial charge in [0.2, 0.25) is 0 Å². The summed E-state index contributed by atoms with van der Waals surface area (Å²) < 4.78 is 29.1. The van der Waals surface area contributed by atoms with Gasteiger partial charge in [-0.2, -0.15) is 12.7 Å². The summed E-state index contributed by atoms with van der Waals surface area (Å²) in [6, 6.07) is 0. The van der Waals surface area contributed by atoms with Gasteiger partial charge in [-0.3, -0.25) is 0 Å². The van der Waals surface area contributed by atoms with Gasteiger partial charge in [-0.1, -0.05) is 20.8 Å². The third-order valence-corrected chi connectivity index (χ3v) is 6.28. The predicted molar refractivity (Wildman–Crippen MR) is 81.7 cm³/mol. The molecule has 0 spiro atoms. The quantitative estimate of drug-likeness (QED) is 0.742. The van der Waals surface area contributed by atoms with Crippen LogP contribution in [-0.2, 0) is 10.2 Å². The van der Waals surface area contributed by atoms with E-state index in [0.29, 0.717) is 36.9 Å². The molecule has 2 atom stereocenters. The minimum Gasteiger partial charge on any atom is -0.317 e. The van der Waals surface area contributed by atoms with Gasteiger partial charge in [0.25, 0.3) is 10.2 Å². The molecule has 0 aromatic heterocycles. The molecule has 1 heterocycles. The highest BCUT2D eigenvalue weighted by Gasteiger charge is 2.45. The van der Waals surface area contributed by atoms with Crippen molar-refractivity contribution >= 4 is 10.2 Å². The monoisotopic (exact) mass is 303 g/mol. The third kappa shape index (κ3) is 4.16. The molecule has 0 aromatic rings. The van der Waals surface area contributed by atoms with Crippen molar-refractivity contribution < 1.29 is 8.42 Å². The Bertz CT molecular complexity index is 422. The Kier molecular flexibility index (Phi) is 5.10. The molecule has 2 fully saturated rings. The highest BCUT2D eigenvalue weighted by Crippen LogP contribution is 2.51. The summed E-state index contributed by atoms with van der Waals surface area (Å²) in [5.41, 5.74) is 0.317. The van der Waals surface area contributed by atoms with Gasteiger partial charge in [0.15, 0.2) is 0 Å². The maximum absolute atomic E-state index is 12.3. The number of rotatable bonds is 7. The van der Waals surface area contributed by atoms with Crippen molar-refractivity contribution in [1.29, 1.82) is 0 Å². The van der Waals surface area contributed by atoms with Crippen molar-refractivity contribution in [3.8, 4) is 0 Å². The molecule has 20 heavy (non-hydrogen) atoms. The molecule has 2 N–H and O–H groups in total. The minimum absolute atomic E-state index is 0.317. The Labute approximate surface area is 123 Å². The molecule has 2 unspecified atom stereocenters. The van der Waals surface area contributed by atoms with Crippen molar-refractivity contribution in [2.24, 2.45) is 17.3 Å². The lowest BCUT2D eigenvalue weighted by molar-refractivity contribution is 0.258. The lowest BCUT2D eigenvalue weighted by Gasteiger charge is -2.32. The molecule has 1 aliphatic heterocycles. The van der Waals surface area contributed by atoms with E-state index in [1.807, 2.05) is 0 Å². The summed E-state index contributed by atoms with van der Waals surface area (Å²) in [6.45, 7) is 10.2. The second-order valence-corrected chi connectivity index (χ2v) is 8.67. The fourth-order valence-electron chi connectivity index (χ4n) is 2.98. The van der Waals surface area contributed by atoms with E-state index in [0.717, 1.165) is 32.4 Å². The molecule has 5 nitrogen and oxygen atoms in total. The van der Waals surface area contributed by atoms with Crippen LogP contribution < -0.4 is 10.0 Å². The van der Waals surface area contributed by atoms with Crippen LogP contribution in [-0.4, -0.2) is 45.4 Å². The van der Waals surface area contributed by atoms with Crippen LogP contribution in [0.5, 0.6) is 0 Å². The number of hydrogen-bond donors (Lipinski definition) is 2. The number of hydrogen-bond acceptors (Lipinski definition) is 3. The molecule has 118 valence electrons. The van der Waals surface area contributed by atoms with E-state index in [4.69, 9.17) is 0 Å². The van der Waals surface area contributed by atoms with Gasteiger partial charge < -0.3 is 5.32 Å². The zero-order chi connectivity index (χ0) is 14.8. The van der Waals surface area contributed by atoms with E-state index in [1.165, 1.54) is 0 Å². The van der Waals surface area contributed by atoms with Crippen LogP contribution in [0.15, 0.2) is 0 Å². The average molecular weight is 303 g/mol. The number of nitrogens with one attached hydrogen (secondary N) is 2. The predicted octanol–water partition coefficient (Wildman–Crippen LogP) is 1.19. The SMILES string of the molecule is CCNCC1CCCN(S(=O)(=O)NCC2CC2(C)C)C1. The highest BCUT2D eigenvalue weighted by atomic mass is 32.2. The molecular weight excluding hydrogens is 274 g/mol. The summed E-state index contributed by atoms with van der Waals surface area (Å²) in [7, 11) is -3.29. The molecule has 0 radical (unpaired) electrons. The Morgan fingerprint density at radius 1 is 1.30 bits per heavy atom. The first kappa shape index (κ1) is 16.2. The van der Waals surface area contributed by atoms with E-state index in [2.05, 4.69) is 30.8 Å². The van der Waals surface area contributed by atoms with Gasteiger partial charge >= 0.3 is 0 Å². The van der Waals surface area contributed by atoms with Crippen LogP contribution in [0.4, 0.5) is 0 Å². The molecule has 1 saturated heterocycles. The summed E-state index contributed by atoms with van der Waals surface area (Å²) in [5.74, 6) is 0.942.